The van der Waals surface area contributed by atoms with E-state index in [9.17, 15) is 5.11 Å². The lowest BCUT2D eigenvalue weighted by Crippen LogP contribution is -2.21. The topological polar surface area (TPSA) is 62.5 Å². The fourth-order valence-corrected chi connectivity index (χ4v) is 1.93. The quantitative estimate of drug-likeness (QED) is 0.867. The zero-order chi connectivity index (χ0) is 11.8. The molecule has 0 saturated heterocycles. The molecule has 1 aliphatic rings. The molecule has 0 aliphatic heterocycles. The smallest absolute Gasteiger partial charge is 0.243 e. The van der Waals surface area contributed by atoms with E-state index in [1.165, 1.54) is 0 Å². The minimum atomic E-state index is -0.301. The van der Waals surface area contributed by atoms with E-state index in [1.807, 2.05) is 0 Å². The SMILES string of the molecule is OC(CNc1nc2ccc(Cl)cn2n1)C1CC1. The van der Waals surface area contributed by atoms with Gasteiger partial charge in [0.25, 0.3) is 0 Å². The molecule has 2 N–H and O–H groups in total. The molecule has 90 valence electrons. The fourth-order valence-electron chi connectivity index (χ4n) is 1.78. The monoisotopic (exact) mass is 252 g/mol. The highest BCUT2D eigenvalue weighted by Crippen LogP contribution is 2.32. The maximum Gasteiger partial charge on any atom is 0.243 e. The van der Waals surface area contributed by atoms with E-state index in [0.717, 1.165) is 18.5 Å². The highest BCUT2D eigenvalue weighted by Gasteiger charge is 2.29. The molecular formula is C11H13ClN4O. The van der Waals surface area contributed by atoms with E-state index in [1.54, 1.807) is 22.8 Å². The Bertz CT molecular complexity index is 537. The number of nitrogens with zero attached hydrogens (tertiary/aromatic N) is 3. The third-order valence-electron chi connectivity index (χ3n) is 2.93. The summed E-state index contributed by atoms with van der Waals surface area (Å²) in [6.45, 7) is 0.495. The van der Waals surface area contributed by atoms with Crippen molar-refractivity contribution in [1.29, 1.82) is 0 Å². The molecule has 0 bridgehead atoms. The maximum absolute atomic E-state index is 9.72. The number of hydrogen-bond donors (Lipinski definition) is 2. The summed E-state index contributed by atoms with van der Waals surface area (Å²) in [5, 5.41) is 17.6. The molecule has 2 aromatic rings. The van der Waals surface area contributed by atoms with Crippen molar-refractivity contribution in [3.8, 4) is 0 Å². The van der Waals surface area contributed by atoms with E-state index in [0.29, 0.717) is 23.4 Å². The van der Waals surface area contributed by atoms with Crippen LogP contribution in [0.15, 0.2) is 18.3 Å². The van der Waals surface area contributed by atoms with Gasteiger partial charge in [0, 0.05) is 12.7 Å². The van der Waals surface area contributed by atoms with Gasteiger partial charge in [0.1, 0.15) is 0 Å². The first-order chi connectivity index (χ1) is 8.22. The van der Waals surface area contributed by atoms with Crippen molar-refractivity contribution in [3.05, 3.63) is 23.4 Å². The van der Waals surface area contributed by atoms with Gasteiger partial charge in [-0.1, -0.05) is 11.6 Å². The second-order valence-electron chi connectivity index (χ2n) is 4.37. The number of aliphatic hydroxyl groups is 1. The summed E-state index contributed by atoms with van der Waals surface area (Å²) in [6.07, 6.45) is 3.64. The first-order valence-corrected chi connectivity index (χ1v) is 6.04. The van der Waals surface area contributed by atoms with E-state index < -0.39 is 0 Å². The molecule has 3 rings (SSSR count). The summed E-state index contributed by atoms with van der Waals surface area (Å²) < 4.78 is 1.62. The van der Waals surface area contributed by atoms with Crippen molar-refractivity contribution in [2.75, 3.05) is 11.9 Å². The first kappa shape index (κ1) is 10.8. The molecule has 2 aromatic heterocycles. The molecule has 1 unspecified atom stereocenters. The van der Waals surface area contributed by atoms with Crippen LogP contribution in [0.5, 0.6) is 0 Å². The number of aromatic nitrogens is 3. The number of nitrogens with one attached hydrogen (secondary N) is 1. The van der Waals surface area contributed by atoms with Crippen molar-refractivity contribution < 1.29 is 5.11 Å². The maximum atomic E-state index is 9.72. The summed E-state index contributed by atoms with van der Waals surface area (Å²) in [5.41, 5.74) is 0.734. The van der Waals surface area contributed by atoms with Crippen molar-refractivity contribution >= 4 is 23.2 Å². The van der Waals surface area contributed by atoms with E-state index in [2.05, 4.69) is 15.4 Å². The Morgan fingerprint density at radius 3 is 3.12 bits per heavy atom. The average molecular weight is 253 g/mol. The largest absolute Gasteiger partial charge is 0.391 e. The van der Waals surface area contributed by atoms with Crippen LogP contribution in [0, 0.1) is 5.92 Å². The standard InChI is InChI=1S/C11H13ClN4O/c12-8-3-4-10-14-11(15-16(10)6-8)13-5-9(17)7-1-2-7/h3-4,6-7,9,17H,1-2,5H2,(H,13,15). The third-order valence-corrected chi connectivity index (χ3v) is 3.15. The predicted octanol–water partition coefficient (Wildman–Crippen LogP) is 1.57. The average Bonchev–Trinajstić information content (AvgIpc) is 3.07. The fraction of sp³-hybridized carbons (Fsp3) is 0.455. The molecule has 0 amide bonds. The Morgan fingerprint density at radius 2 is 2.35 bits per heavy atom. The highest BCUT2D eigenvalue weighted by molar-refractivity contribution is 6.30. The molecule has 0 radical (unpaired) electrons. The summed E-state index contributed by atoms with van der Waals surface area (Å²) >= 11 is 5.86. The number of hydrogen-bond acceptors (Lipinski definition) is 4. The van der Waals surface area contributed by atoms with Gasteiger partial charge in [0.2, 0.25) is 5.95 Å². The summed E-state index contributed by atoms with van der Waals surface area (Å²) in [7, 11) is 0. The summed E-state index contributed by atoms with van der Waals surface area (Å²) in [4.78, 5) is 4.28. The molecule has 2 heterocycles. The lowest BCUT2D eigenvalue weighted by atomic mass is 10.2. The highest BCUT2D eigenvalue weighted by atomic mass is 35.5. The zero-order valence-electron chi connectivity index (χ0n) is 9.17. The number of rotatable bonds is 4. The Hall–Kier alpha value is -1.33. The van der Waals surface area contributed by atoms with Gasteiger partial charge in [0.15, 0.2) is 5.65 Å². The van der Waals surface area contributed by atoms with E-state index in [4.69, 9.17) is 11.6 Å². The Morgan fingerprint density at radius 1 is 1.53 bits per heavy atom. The van der Waals surface area contributed by atoms with Crippen LogP contribution in [0.3, 0.4) is 0 Å². The van der Waals surface area contributed by atoms with Crippen LogP contribution >= 0.6 is 11.6 Å². The van der Waals surface area contributed by atoms with Gasteiger partial charge in [-0.15, -0.1) is 5.10 Å². The lowest BCUT2D eigenvalue weighted by Gasteiger charge is -2.08. The van der Waals surface area contributed by atoms with Crippen LogP contribution in [-0.2, 0) is 0 Å². The van der Waals surface area contributed by atoms with Crippen molar-refractivity contribution in [2.45, 2.75) is 18.9 Å². The van der Waals surface area contributed by atoms with Crippen LogP contribution < -0.4 is 5.32 Å². The van der Waals surface area contributed by atoms with Crippen molar-refractivity contribution in [1.82, 2.24) is 14.6 Å². The summed E-state index contributed by atoms with van der Waals surface area (Å²) in [6, 6.07) is 3.58. The minimum Gasteiger partial charge on any atom is -0.391 e. The van der Waals surface area contributed by atoms with Gasteiger partial charge in [-0.25, -0.2) is 4.52 Å². The molecule has 0 spiro atoms. The van der Waals surface area contributed by atoms with Gasteiger partial charge >= 0.3 is 0 Å². The minimum absolute atomic E-state index is 0.301. The van der Waals surface area contributed by atoms with Crippen LogP contribution in [0.2, 0.25) is 5.02 Å². The van der Waals surface area contributed by atoms with Crippen LogP contribution in [0.4, 0.5) is 5.95 Å². The van der Waals surface area contributed by atoms with Gasteiger partial charge in [-0.05, 0) is 30.9 Å². The van der Waals surface area contributed by atoms with Gasteiger partial charge < -0.3 is 10.4 Å². The Balaban J connectivity index is 1.72. The number of aliphatic hydroxyl groups excluding tert-OH is 1. The van der Waals surface area contributed by atoms with Crippen LogP contribution in [-0.4, -0.2) is 32.4 Å². The second kappa shape index (κ2) is 4.16. The number of pyridine rings is 1. The second-order valence-corrected chi connectivity index (χ2v) is 4.81. The van der Waals surface area contributed by atoms with E-state index >= 15 is 0 Å². The van der Waals surface area contributed by atoms with Gasteiger partial charge in [-0.2, -0.15) is 4.98 Å². The van der Waals surface area contributed by atoms with Crippen LogP contribution in [0.25, 0.3) is 5.65 Å². The first-order valence-electron chi connectivity index (χ1n) is 5.66. The molecule has 17 heavy (non-hydrogen) atoms. The number of fused-ring (bicyclic) bond motifs is 1. The predicted molar refractivity (Wildman–Crippen MR) is 65.2 cm³/mol. The molecule has 1 fully saturated rings. The molecule has 6 heteroatoms. The molecule has 5 nitrogen and oxygen atoms in total. The van der Waals surface area contributed by atoms with Crippen LogP contribution in [0.1, 0.15) is 12.8 Å². The molecule has 0 aromatic carbocycles. The van der Waals surface area contributed by atoms with Gasteiger partial charge in [-0.3, -0.25) is 0 Å². The normalized spacial score (nSPS) is 17.3. The number of anilines is 1. The molecule has 1 aliphatic carbocycles. The van der Waals surface area contributed by atoms with Crippen molar-refractivity contribution in [3.63, 3.8) is 0 Å². The molecule has 1 saturated carbocycles. The van der Waals surface area contributed by atoms with E-state index in [-0.39, 0.29) is 6.10 Å². The lowest BCUT2D eigenvalue weighted by molar-refractivity contribution is 0.164. The number of halogens is 1. The molecule has 1 atom stereocenters. The Labute approximate surface area is 103 Å². The van der Waals surface area contributed by atoms with Crippen molar-refractivity contribution in [2.24, 2.45) is 5.92 Å². The zero-order valence-corrected chi connectivity index (χ0v) is 9.93. The van der Waals surface area contributed by atoms with Gasteiger partial charge in [0.05, 0.1) is 11.1 Å². The molecular weight excluding hydrogens is 240 g/mol. The summed E-state index contributed by atoms with van der Waals surface area (Å²) in [5.74, 6) is 0.973. The third kappa shape index (κ3) is 2.35. The Kier molecular flexibility index (Phi) is 2.64.